The van der Waals surface area contributed by atoms with Crippen LogP contribution in [0.25, 0.3) is 5.57 Å². The molecule has 0 aromatic heterocycles. The average molecular weight is 190 g/mol. The molecule has 1 atom stereocenters. The number of benzene rings is 1. The van der Waals surface area contributed by atoms with Gasteiger partial charge in [0.05, 0.1) is 0 Å². The Morgan fingerprint density at radius 3 is 2.93 bits per heavy atom. The summed E-state index contributed by atoms with van der Waals surface area (Å²) >= 11 is 0. The zero-order valence-corrected chi connectivity index (χ0v) is 8.46. The summed E-state index contributed by atoms with van der Waals surface area (Å²) in [6.07, 6.45) is 5.86. The number of hydrogen-bond acceptors (Lipinski definition) is 0. The van der Waals surface area contributed by atoms with Crippen molar-refractivity contribution in [1.29, 1.82) is 0 Å². The van der Waals surface area contributed by atoms with Crippen molar-refractivity contribution < 1.29 is 4.39 Å². The Bertz CT molecular complexity index is 352. The Hall–Kier alpha value is -1.11. The van der Waals surface area contributed by atoms with Gasteiger partial charge in [-0.1, -0.05) is 25.1 Å². The Morgan fingerprint density at radius 2 is 2.21 bits per heavy atom. The molecule has 14 heavy (non-hydrogen) atoms. The Balaban J connectivity index is 2.30. The van der Waals surface area contributed by atoms with Crippen LogP contribution < -0.4 is 0 Å². The maximum Gasteiger partial charge on any atom is 0.123 e. The maximum absolute atomic E-state index is 13.0. The molecule has 0 aliphatic heterocycles. The zero-order chi connectivity index (χ0) is 9.97. The van der Waals surface area contributed by atoms with Crippen LogP contribution in [0.5, 0.6) is 0 Å². The third-order valence-electron chi connectivity index (χ3n) is 2.79. The van der Waals surface area contributed by atoms with E-state index in [0.717, 1.165) is 12.0 Å². The van der Waals surface area contributed by atoms with Crippen molar-refractivity contribution in [2.45, 2.75) is 26.2 Å². The van der Waals surface area contributed by atoms with Gasteiger partial charge >= 0.3 is 0 Å². The van der Waals surface area contributed by atoms with E-state index in [4.69, 9.17) is 0 Å². The fraction of sp³-hybridized carbons (Fsp3) is 0.385. The quantitative estimate of drug-likeness (QED) is 0.627. The van der Waals surface area contributed by atoms with Crippen LogP contribution in [-0.4, -0.2) is 0 Å². The van der Waals surface area contributed by atoms with Gasteiger partial charge in [0.15, 0.2) is 0 Å². The standard InChI is InChI=1S/C13H15F/c1-10-4-2-5-11(8-10)12-6-3-7-13(14)9-12/h3,6-10H,2,4-5H2,1H3. The fourth-order valence-corrected chi connectivity index (χ4v) is 2.05. The lowest BCUT2D eigenvalue weighted by Crippen LogP contribution is -2.00. The van der Waals surface area contributed by atoms with Crippen molar-refractivity contribution in [3.8, 4) is 0 Å². The molecule has 0 heterocycles. The smallest absolute Gasteiger partial charge is 0.123 e. The minimum Gasteiger partial charge on any atom is -0.207 e. The molecule has 0 nitrogen and oxygen atoms in total. The molecular weight excluding hydrogens is 175 g/mol. The highest BCUT2D eigenvalue weighted by molar-refractivity contribution is 5.66. The van der Waals surface area contributed by atoms with E-state index in [1.54, 1.807) is 12.1 Å². The van der Waals surface area contributed by atoms with Crippen molar-refractivity contribution in [2.24, 2.45) is 5.92 Å². The van der Waals surface area contributed by atoms with Crippen LogP contribution in [-0.2, 0) is 0 Å². The molecule has 0 N–H and O–H groups in total. The first-order chi connectivity index (χ1) is 6.75. The van der Waals surface area contributed by atoms with E-state index in [1.807, 2.05) is 6.07 Å². The number of allylic oxidation sites excluding steroid dienone is 2. The van der Waals surface area contributed by atoms with E-state index in [9.17, 15) is 4.39 Å². The molecule has 1 heteroatoms. The Labute approximate surface area is 84.5 Å². The van der Waals surface area contributed by atoms with Gasteiger partial charge in [-0.05, 0) is 48.4 Å². The van der Waals surface area contributed by atoms with Gasteiger partial charge < -0.3 is 0 Å². The first-order valence-electron chi connectivity index (χ1n) is 5.22. The number of rotatable bonds is 1. The van der Waals surface area contributed by atoms with Gasteiger partial charge in [-0.15, -0.1) is 0 Å². The molecule has 1 aromatic rings. The van der Waals surface area contributed by atoms with Crippen LogP contribution in [0.15, 0.2) is 30.3 Å². The lowest BCUT2D eigenvalue weighted by Gasteiger charge is -2.17. The molecule has 1 aliphatic carbocycles. The van der Waals surface area contributed by atoms with Crippen LogP contribution in [0.1, 0.15) is 31.7 Å². The van der Waals surface area contributed by atoms with Crippen LogP contribution >= 0.6 is 0 Å². The summed E-state index contributed by atoms with van der Waals surface area (Å²) in [5, 5.41) is 0. The largest absolute Gasteiger partial charge is 0.207 e. The average Bonchev–Trinajstić information content (AvgIpc) is 2.18. The predicted octanol–water partition coefficient (Wildman–Crippen LogP) is 4.03. The van der Waals surface area contributed by atoms with Gasteiger partial charge in [-0.2, -0.15) is 0 Å². The lowest BCUT2D eigenvalue weighted by atomic mass is 9.88. The van der Waals surface area contributed by atoms with E-state index >= 15 is 0 Å². The summed E-state index contributed by atoms with van der Waals surface area (Å²) in [4.78, 5) is 0. The lowest BCUT2D eigenvalue weighted by molar-refractivity contribution is 0.591. The number of halogens is 1. The first kappa shape index (κ1) is 9.45. The SMILES string of the molecule is CC1C=C(c2cccc(F)c2)CCC1. The Morgan fingerprint density at radius 1 is 1.36 bits per heavy atom. The summed E-state index contributed by atoms with van der Waals surface area (Å²) in [6.45, 7) is 2.22. The maximum atomic E-state index is 13.0. The first-order valence-corrected chi connectivity index (χ1v) is 5.22. The minimum atomic E-state index is -0.137. The summed E-state index contributed by atoms with van der Waals surface area (Å²) in [5.41, 5.74) is 2.36. The predicted molar refractivity (Wildman–Crippen MR) is 57.4 cm³/mol. The van der Waals surface area contributed by atoms with E-state index in [2.05, 4.69) is 13.0 Å². The molecule has 0 fully saturated rings. The van der Waals surface area contributed by atoms with Crippen molar-refractivity contribution in [3.05, 3.63) is 41.7 Å². The van der Waals surface area contributed by atoms with E-state index in [-0.39, 0.29) is 5.82 Å². The molecule has 0 saturated carbocycles. The van der Waals surface area contributed by atoms with Crippen molar-refractivity contribution >= 4 is 5.57 Å². The molecular formula is C13H15F. The molecule has 74 valence electrons. The highest BCUT2D eigenvalue weighted by atomic mass is 19.1. The summed E-state index contributed by atoms with van der Waals surface area (Å²) in [6, 6.07) is 6.90. The third kappa shape index (κ3) is 2.03. The highest BCUT2D eigenvalue weighted by Gasteiger charge is 2.11. The number of hydrogen-bond donors (Lipinski definition) is 0. The van der Waals surface area contributed by atoms with Gasteiger partial charge in [-0.25, -0.2) is 4.39 Å². The molecule has 1 aromatic carbocycles. The van der Waals surface area contributed by atoms with Crippen LogP contribution in [0.4, 0.5) is 4.39 Å². The van der Waals surface area contributed by atoms with Crippen LogP contribution in [0.2, 0.25) is 0 Å². The third-order valence-corrected chi connectivity index (χ3v) is 2.79. The van der Waals surface area contributed by atoms with Crippen molar-refractivity contribution in [3.63, 3.8) is 0 Å². The second-order valence-corrected chi connectivity index (χ2v) is 4.07. The van der Waals surface area contributed by atoms with Gasteiger partial charge in [0.25, 0.3) is 0 Å². The van der Waals surface area contributed by atoms with Gasteiger partial charge in [0.2, 0.25) is 0 Å². The molecule has 0 spiro atoms. The molecule has 1 unspecified atom stereocenters. The minimum absolute atomic E-state index is 0.137. The molecule has 2 rings (SSSR count). The summed E-state index contributed by atoms with van der Waals surface area (Å²) in [7, 11) is 0. The fourth-order valence-electron chi connectivity index (χ4n) is 2.05. The normalized spacial score (nSPS) is 21.9. The second kappa shape index (κ2) is 3.95. The molecule has 0 bridgehead atoms. The van der Waals surface area contributed by atoms with E-state index in [1.165, 1.54) is 24.5 Å². The monoisotopic (exact) mass is 190 g/mol. The van der Waals surface area contributed by atoms with Gasteiger partial charge in [0, 0.05) is 0 Å². The topological polar surface area (TPSA) is 0 Å². The van der Waals surface area contributed by atoms with Gasteiger partial charge in [0.1, 0.15) is 5.82 Å². The molecule has 1 aliphatic rings. The molecule has 0 amide bonds. The van der Waals surface area contributed by atoms with E-state index in [0.29, 0.717) is 5.92 Å². The van der Waals surface area contributed by atoms with Gasteiger partial charge in [-0.3, -0.25) is 0 Å². The summed E-state index contributed by atoms with van der Waals surface area (Å²) in [5.74, 6) is 0.503. The van der Waals surface area contributed by atoms with Crippen molar-refractivity contribution in [2.75, 3.05) is 0 Å². The summed E-state index contributed by atoms with van der Waals surface area (Å²) < 4.78 is 13.0. The van der Waals surface area contributed by atoms with E-state index < -0.39 is 0 Å². The molecule has 0 radical (unpaired) electrons. The highest BCUT2D eigenvalue weighted by Crippen LogP contribution is 2.29. The van der Waals surface area contributed by atoms with Crippen LogP contribution in [0, 0.1) is 11.7 Å². The Kier molecular flexibility index (Phi) is 2.67. The van der Waals surface area contributed by atoms with Crippen LogP contribution in [0.3, 0.4) is 0 Å². The zero-order valence-electron chi connectivity index (χ0n) is 8.46. The van der Waals surface area contributed by atoms with Crippen molar-refractivity contribution in [1.82, 2.24) is 0 Å². The molecule has 0 saturated heterocycles. The second-order valence-electron chi connectivity index (χ2n) is 4.07.